The van der Waals surface area contributed by atoms with Crippen LogP contribution in [0.25, 0.3) is 0 Å². The van der Waals surface area contributed by atoms with Crippen LogP contribution in [0, 0.1) is 13.8 Å². The minimum Gasteiger partial charge on any atom is -0.389 e. The second kappa shape index (κ2) is 7.78. The maximum absolute atomic E-state index is 10.2. The standard InChI is InChI=1S/C17H27NO3/c1-13-4-5-17(14(2)10-13)18(3)11-15(19)12-21-16-6-8-20-9-7-16/h4-5,10,15-16,19H,6-9,11-12H2,1-3H3. The molecular weight excluding hydrogens is 266 g/mol. The Morgan fingerprint density at radius 2 is 2.05 bits per heavy atom. The van der Waals surface area contributed by atoms with Gasteiger partial charge in [-0.15, -0.1) is 0 Å². The number of benzene rings is 1. The summed E-state index contributed by atoms with van der Waals surface area (Å²) >= 11 is 0. The van der Waals surface area contributed by atoms with E-state index in [1.807, 2.05) is 7.05 Å². The summed E-state index contributed by atoms with van der Waals surface area (Å²) in [7, 11) is 2.01. The summed E-state index contributed by atoms with van der Waals surface area (Å²) in [4.78, 5) is 2.09. The number of rotatable bonds is 6. The lowest BCUT2D eigenvalue weighted by molar-refractivity contribution is -0.0573. The van der Waals surface area contributed by atoms with E-state index in [0.29, 0.717) is 13.2 Å². The third-order valence-electron chi connectivity index (χ3n) is 3.94. The highest BCUT2D eigenvalue weighted by atomic mass is 16.5. The van der Waals surface area contributed by atoms with Crippen molar-refractivity contribution in [3.8, 4) is 0 Å². The number of likely N-dealkylation sites (N-methyl/N-ethyl adjacent to an activating group) is 1. The molecule has 1 aliphatic rings. The highest BCUT2D eigenvalue weighted by Gasteiger charge is 2.17. The highest BCUT2D eigenvalue weighted by molar-refractivity contribution is 5.53. The highest BCUT2D eigenvalue weighted by Crippen LogP contribution is 2.20. The van der Waals surface area contributed by atoms with Crippen molar-refractivity contribution in [2.75, 3.05) is 38.3 Å². The molecule has 1 atom stereocenters. The first-order valence-corrected chi connectivity index (χ1v) is 7.72. The van der Waals surface area contributed by atoms with Gasteiger partial charge >= 0.3 is 0 Å². The molecule has 4 heteroatoms. The molecule has 0 aromatic heterocycles. The molecule has 118 valence electrons. The predicted molar refractivity (Wildman–Crippen MR) is 85.0 cm³/mol. The molecule has 0 aliphatic carbocycles. The normalized spacial score (nSPS) is 17.7. The molecule has 1 aliphatic heterocycles. The fourth-order valence-corrected chi connectivity index (χ4v) is 2.79. The van der Waals surface area contributed by atoms with Crippen LogP contribution >= 0.6 is 0 Å². The summed E-state index contributed by atoms with van der Waals surface area (Å²) in [5.41, 5.74) is 3.65. The Kier molecular flexibility index (Phi) is 6.03. The van der Waals surface area contributed by atoms with E-state index < -0.39 is 6.10 Å². The summed E-state index contributed by atoms with van der Waals surface area (Å²) in [5.74, 6) is 0. The lowest BCUT2D eigenvalue weighted by Crippen LogP contribution is -2.35. The van der Waals surface area contributed by atoms with Gasteiger partial charge in [-0.05, 0) is 38.3 Å². The first-order chi connectivity index (χ1) is 10.1. The molecule has 1 N–H and O–H groups in total. The molecule has 0 bridgehead atoms. The van der Waals surface area contributed by atoms with Crippen LogP contribution in [0.5, 0.6) is 0 Å². The van der Waals surface area contributed by atoms with E-state index in [1.54, 1.807) is 0 Å². The summed E-state index contributed by atoms with van der Waals surface area (Å²) < 4.78 is 11.1. The Labute approximate surface area is 127 Å². The fraction of sp³-hybridized carbons (Fsp3) is 0.647. The van der Waals surface area contributed by atoms with Crippen molar-refractivity contribution in [2.24, 2.45) is 0 Å². The van der Waals surface area contributed by atoms with Gasteiger partial charge in [-0.1, -0.05) is 17.7 Å². The van der Waals surface area contributed by atoms with E-state index >= 15 is 0 Å². The number of anilines is 1. The molecule has 4 nitrogen and oxygen atoms in total. The summed E-state index contributed by atoms with van der Waals surface area (Å²) in [6, 6.07) is 6.37. The zero-order chi connectivity index (χ0) is 15.2. The zero-order valence-corrected chi connectivity index (χ0v) is 13.3. The summed E-state index contributed by atoms with van der Waals surface area (Å²) in [6.07, 6.45) is 1.62. The number of nitrogens with zero attached hydrogens (tertiary/aromatic N) is 1. The molecular formula is C17H27NO3. The molecule has 1 aromatic rings. The van der Waals surface area contributed by atoms with E-state index in [0.717, 1.165) is 31.7 Å². The van der Waals surface area contributed by atoms with Crippen LogP contribution in [0.4, 0.5) is 5.69 Å². The predicted octanol–water partition coefficient (Wildman–Crippen LogP) is 2.30. The van der Waals surface area contributed by atoms with Crippen molar-refractivity contribution >= 4 is 5.69 Å². The summed E-state index contributed by atoms with van der Waals surface area (Å²) in [6.45, 7) is 6.69. The van der Waals surface area contributed by atoms with Gasteiger partial charge in [0.2, 0.25) is 0 Å². The van der Waals surface area contributed by atoms with Crippen molar-refractivity contribution in [3.05, 3.63) is 29.3 Å². The SMILES string of the molecule is Cc1ccc(N(C)CC(O)COC2CCOCC2)c(C)c1. The lowest BCUT2D eigenvalue weighted by Gasteiger charge is -2.27. The number of aliphatic hydroxyl groups is 1. The number of aliphatic hydroxyl groups excluding tert-OH is 1. The molecule has 1 saturated heterocycles. The first kappa shape index (κ1) is 16.3. The van der Waals surface area contributed by atoms with E-state index in [2.05, 4.69) is 36.9 Å². The second-order valence-electron chi connectivity index (χ2n) is 5.97. The summed E-state index contributed by atoms with van der Waals surface area (Å²) in [5, 5.41) is 10.2. The smallest absolute Gasteiger partial charge is 0.0948 e. The largest absolute Gasteiger partial charge is 0.389 e. The molecule has 1 heterocycles. The molecule has 0 saturated carbocycles. The maximum Gasteiger partial charge on any atom is 0.0948 e. The van der Waals surface area contributed by atoms with Crippen molar-refractivity contribution in [2.45, 2.75) is 38.9 Å². The molecule has 2 rings (SSSR count). The first-order valence-electron chi connectivity index (χ1n) is 7.72. The van der Waals surface area contributed by atoms with Crippen LogP contribution in [-0.4, -0.2) is 50.7 Å². The van der Waals surface area contributed by atoms with Gasteiger partial charge in [-0.25, -0.2) is 0 Å². The van der Waals surface area contributed by atoms with Gasteiger partial charge in [-0.3, -0.25) is 0 Å². The molecule has 1 aromatic carbocycles. The van der Waals surface area contributed by atoms with Crippen LogP contribution in [0.1, 0.15) is 24.0 Å². The molecule has 0 amide bonds. The molecule has 0 spiro atoms. The van der Waals surface area contributed by atoms with Crippen LogP contribution in [-0.2, 0) is 9.47 Å². The Balaban J connectivity index is 1.79. The van der Waals surface area contributed by atoms with Crippen LogP contribution in [0.3, 0.4) is 0 Å². The van der Waals surface area contributed by atoms with Gasteiger partial charge in [0.1, 0.15) is 0 Å². The third kappa shape index (κ3) is 4.99. The number of ether oxygens (including phenoxy) is 2. The fourth-order valence-electron chi connectivity index (χ4n) is 2.79. The van der Waals surface area contributed by atoms with Crippen molar-refractivity contribution < 1.29 is 14.6 Å². The topological polar surface area (TPSA) is 41.9 Å². The molecule has 1 fully saturated rings. The number of hydrogen-bond donors (Lipinski definition) is 1. The maximum atomic E-state index is 10.2. The van der Waals surface area contributed by atoms with Gasteiger partial charge in [0.25, 0.3) is 0 Å². The van der Waals surface area contributed by atoms with Gasteiger partial charge < -0.3 is 19.5 Å². The monoisotopic (exact) mass is 293 g/mol. The van der Waals surface area contributed by atoms with E-state index in [4.69, 9.17) is 9.47 Å². The van der Waals surface area contributed by atoms with Crippen LogP contribution in [0.2, 0.25) is 0 Å². The quantitative estimate of drug-likeness (QED) is 0.874. The molecule has 1 unspecified atom stereocenters. The van der Waals surface area contributed by atoms with Crippen molar-refractivity contribution in [1.29, 1.82) is 0 Å². The average Bonchev–Trinajstić information content (AvgIpc) is 2.46. The Bertz CT molecular complexity index is 444. The minimum atomic E-state index is -0.474. The van der Waals surface area contributed by atoms with Gasteiger partial charge in [0.15, 0.2) is 0 Å². The average molecular weight is 293 g/mol. The van der Waals surface area contributed by atoms with Crippen molar-refractivity contribution in [3.63, 3.8) is 0 Å². The van der Waals surface area contributed by atoms with E-state index in [1.165, 1.54) is 11.1 Å². The van der Waals surface area contributed by atoms with Crippen LogP contribution in [0.15, 0.2) is 18.2 Å². The molecule has 0 radical (unpaired) electrons. The Morgan fingerprint density at radius 3 is 2.71 bits per heavy atom. The van der Waals surface area contributed by atoms with Crippen molar-refractivity contribution in [1.82, 2.24) is 0 Å². The van der Waals surface area contributed by atoms with Gasteiger partial charge in [-0.2, -0.15) is 0 Å². The molecule has 21 heavy (non-hydrogen) atoms. The third-order valence-corrected chi connectivity index (χ3v) is 3.94. The second-order valence-corrected chi connectivity index (χ2v) is 5.97. The van der Waals surface area contributed by atoms with Crippen LogP contribution < -0.4 is 4.90 Å². The minimum absolute atomic E-state index is 0.236. The van der Waals surface area contributed by atoms with Gasteiger partial charge in [0.05, 0.1) is 18.8 Å². The number of aryl methyl sites for hydroxylation is 2. The number of hydrogen-bond acceptors (Lipinski definition) is 4. The van der Waals surface area contributed by atoms with E-state index in [-0.39, 0.29) is 6.10 Å². The lowest BCUT2D eigenvalue weighted by atomic mass is 10.1. The van der Waals surface area contributed by atoms with E-state index in [9.17, 15) is 5.11 Å². The Morgan fingerprint density at radius 1 is 1.33 bits per heavy atom. The zero-order valence-electron chi connectivity index (χ0n) is 13.3. The van der Waals surface area contributed by atoms with Gasteiger partial charge in [0, 0.05) is 32.5 Å². The Hall–Kier alpha value is -1.10.